The van der Waals surface area contributed by atoms with Gasteiger partial charge in [0.05, 0.1) is 0 Å². The molecule has 0 aromatic rings. The fraction of sp³-hybridized carbons (Fsp3) is 0.800. The van der Waals surface area contributed by atoms with Crippen molar-refractivity contribution in [2.45, 2.75) is 19.8 Å². The van der Waals surface area contributed by atoms with Crippen molar-refractivity contribution < 1.29 is 5.11 Å². The van der Waals surface area contributed by atoms with Crippen molar-refractivity contribution in [1.82, 2.24) is 5.32 Å². The number of allylic oxidation sites excluding steroid dienone is 1. The Hall–Kier alpha value is -0.0500. The summed E-state index contributed by atoms with van der Waals surface area (Å²) in [4.78, 5) is 0. The van der Waals surface area contributed by atoms with E-state index in [9.17, 15) is 0 Å². The van der Waals surface area contributed by atoms with Crippen LogP contribution in [0.15, 0.2) is 12.2 Å². The molecule has 2 nitrogen and oxygen atoms in total. The second-order valence-electron chi connectivity index (χ2n) is 3.07. The third kappa shape index (κ3) is 8.28. The van der Waals surface area contributed by atoms with Crippen molar-refractivity contribution >= 4 is 11.6 Å². The summed E-state index contributed by atoms with van der Waals surface area (Å²) in [6, 6.07) is 0. The maximum absolute atomic E-state index is 8.75. The van der Waals surface area contributed by atoms with Crippen molar-refractivity contribution in [1.29, 1.82) is 0 Å². The van der Waals surface area contributed by atoms with Crippen LogP contribution in [-0.4, -0.2) is 30.7 Å². The summed E-state index contributed by atoms with van der Waals surface area (Å²) in [7, 11) is 0. The van der Waals surface area contributed by atoms with E-state index < -0.39 is 0 Å². The minimum Gasteiger partial charge on any atom is -0.396 e. The van der Waals surface area contributed by atoms with Crippen molar-refractivity contribution in [3.8, 4) is 0 Å². The molecule has 78 valence electrons. The lowest BCUT2D eigenvalue weighted by molar-refractivity contribution is 0.252. The fourth-order valence-electron chi connectivity index (χ4n) is 1.15. The van der Waals surface area contributed by atoms with Gasteiger partial charge in [0.25, 0.3) is 0 Å². The van der Waals surface area contributed by atoms with Crippen molar-refractivity contribution in [2.75, 3.05) is 25.6 Å². The van der Waals surface area contributed by atoms with Crippen LogP contribution in [0.3, 0.4) is 0 Å². The molecule has 0 aromatic heterocycles. The Labute approximate surface area is 86.0 Å². The molecule has 1 unspecified atom stereocenters. The molecular formula is C10H20ClNO. The van der Waals surface area contributed by atoms with Gasteiger partial charge in [-0.15, -0.1) is 11.6 Å². The lowest BCUT2D eigenvalue weighted by atomic mass is 10.0. The van der Waals surface area contributed by atoms with Gasteiger partial charge in [0.15, 0.2) is 0 Å². The summed E-state index contributed by atoms with van der Waals surface area (Å²) in [5.74, 6) is 1.17. The first-order chi connectivity index (χ1) is 6.35. The van der Waals surface area contributed by atoms with Crippen molar-refractivity contribution in [2.24, 2.45) is 5.92 Å². The monoisotopic (exact) mass is 205 g/mol. The second-order valence-corrected chi connectivity index (χ2v) is 3.38. The summed E-state index contributed by atoms with van der Waals surface area (Å²) in [6.45, 7) is 4.28. The molecule has 0 bridgehead atoms. The molecule has 0 radical (unpaired) electrons. The molecule has 13 heavy (non-hydrogen) atoms. The molecule has 0 saturated heterocycles. The first-order valence-corrected chi connectivity index (χ1v) is 5.41. The molecule has 0 aliphatic carbocycles. The maximum atomic E-state index is 8.75. The van der Waals surface area contributed by atoms with E-state index in [1.165, 1.54) is 0 Å². The molecule has 0 aliphatic rings. The molecule has 0 rings (SSSR count). The lowest BCUT2D eigenvalue weighted by Gasteiger charge is -2.12. The van der Waals surface area contributed by atoms with E-state index in [2.05, 4.69) is 12.2 Å². The van der Waals surface area contributed by atoms with Gasteiger partial charge >= 0.3 is 0 Å². The van der Waals surface area contributed by atoms with Crippen LogP contribution in [0.4, 0.5) is 0 Å². The number of hydrogen-bond donors (Lipinski definition) is 2. The molecule has 0 fully saturated rings. The summed E-state index contributed by atoms with van der Waals surface area (Å²) in [5, 5.41) is 12.0. The summed E-state index contributed by atoms with van der Waals surface area (Å²) in [5.41, 5.74) is 0. The number of rotatable bonds is 8. The minimum absolute atomic E-state index is 0.289. The molecule has 0 amide bonds. The number of hydrogen-bond acceptors (Lipinski definition) is 2. The van der Waals surface area contributed by atoms with E-state index in [1.54, 1.807) is 0 Å². The van der Waals surface area contributed by atoms with Gasteiger partial charge in [-0.1, -0.05) is 25.5 Å². The van der Waals surface area contributed by atoms with Crippen LogP contribution < -0.4 is 5.32 Å². The average Bonchev–Trinajstić information content (AvgIpc) is 2.16. The third-order valence-corrected chi connectivity index (χ3v) is 2.24. The van der Waals surface area contributed by atoms with Crippen LogP contribution in [0, 0.1) is 5.92 Å². The molecular weight excluding hydrogens is 186 g/mol. The highest BCUT2D eigenvalue weighted by Gasteiger charge is 2.03. The lowest BCUT2D eigenvalue weighted by Crippen LogP contribution is -2.23. The van der Waals surface area contributed by atoms with Crippen LogP contribution in [0.25, 0.3) is 0 Å². The first kappa shape index (κ1) is 12.9. The summed E-state index contributed by atoms with van der Waals surface area (Å²) >= 11 is 5.47. The van der Waals surface area contributed by atoms with Gasteiger partial charge in [-0.05, 0) is 18.9 Å². The second kappa shape index (κ2) is 10.0. The SMILES string of the molecule is CCC(CCO)CNC/C=C/CCl. The topological polar surface area (TPSA) is 32.3 Å². The molecule has 0 aromatic carbocycles. The summed E-state index contributed by atoms with van der Waals surface area (Å²) in [6.07, 6.45) is 5.97. The highest BCUT2D eigenvalue weighted by molar-refractivity contribution is 6.18. The zero-order chi connectivity index (χ0) is 9.94. The zero-order valence-electron chi connectivity index (χ0n) is 8.30. The number of alkyl halides is 1. The molecule has 3 heteroatoms. The Morgan fingerprint density at radius 1 is 1.46 bits per heavy atom. The van der Waals surface area contributed by atoms with Crippen LogP contribution in [0.1, 0.15) is 19.8 Å². The van der Waals surface area contributed by atoms with Crippen LogP contribution in [0.5, 0.6) is 0 Å². The molecule has 0 saturated carbocycles. The normalized spacial score (nSPS) is 13.8. The van der Waals surface area contributed by atoms with Gasteiger partial charge in [-0.2, -0.15) is 0 Å². The van der Waals surface area contributed by atoms with E-state index in [-0.39, 0.29) is 6.61 Å². The molecule has 0 spiro atoms. The zero-order valence-corrected chi connectivity index (χ0v) is 9.06. The standard InChI is InChI=1S/C10H20ClNO/c1-2-10(5-8-13)9-12-7-4-3-6-11/h3-4,10,12-13H,2,5-9H2,1H3/b4-3+. The first-order valence-electron chi connectivity index (χ1n) is 4.87. The Morgan fingerprint density at radius 2 is 2.23 bits per heavy atom. The highest BCUT2D eigenvalue weighted by atomic mass is 35.5. The molecule has 2 N–H and O–H groups in total. The summed E-state index contributed by atoms with van der Waals surface area (Å²) < 4.78 is 0. The third-order valence-electron chi connectivity index (χ3n) is 2.07. The number of aliphatic hydroxyl groups excluding tert-OH is 1. The van der Waals surface area contributed by atoms with Crippen LogP contribution >= 0.6 is 11.6 Å². The Kier molecular flexibility index (Phi) is 10.00. The Bertz CT molecular complexity index is 128. The van der Waals surface area contributed by atoms with E-state index in [4.69, 9.17) is 16.7 Å². The fourth-order valence-corrected chi connectivity index (χ4v) is 1.28. The smallest absolute Gasteiger partial charge is 0.0434 e. The van der Waals surface area contributed by atoms with E-state index in [0.717, 1.165) is 25.9 Å². The van der Waals surface area contributed by atoms with Crippen molar-refractivity contribution in [3.05, 3.63) is 12.2 Å². The Morgan fingerprint density at radius 3 is 2.77 bits per heavy atom. The van der Waals surface area contributed by atoms with Gasteiger partial charge in [-0.25, -0.2) is 0 Å². The van der Waals surface area contributed by atoms with Gasteiger partial charge in [0, 0.05) is 19.0 Å². The molecule has 1 atom stereocenters. The predicted octanol–water partition coefficient (Wildman–Crippen LogP) is 1.78. The van der Waals surface area contributed by atoms with Gasteiger partial charge in [0.2, 0.25) is 0 Å². The average molecular weight is 206 g/mol. The van der Waals surface area contributed by atoms with E-state index >= 15 is 0 Å². The number of nitrogens with one attached hydrogen (secondary N) is 1. The largest absolute Gasteiger partial charge is 0.396 e. The molecule has 0 aliphatic heterocycles. The predicted molar refractivity (Wildman–Crippen MR) is 58.2 cm³/mol. The van der Waals surface area contributed by atoms with E-state index in [1.807, 2.05) is 12.2 Å². The minimum atomic E-state index is 0.289. The maximum Gasteiger partial charge on any atom is 0.0434 e. The van der Waals surface area contributed by atoms with Crippen LogP contribution in [0.2, 0.25) is 0 Å². The van der Waals surface area contributed by atoms with Gasteiger partial charge < -0.3 is 10.4 Å². The quantitative estimate of drug-likeness (QED) is 0.360. The van der Waals surface area contributed by atoms with Gasteiger partial charge in [0.1, 0.15) is 0 Å². The Balaban J connectivity index is 3.32. The van der Waals surface area contributed by atoms with Crippen LogP contribution in [-0.2, 0) is 0 Å². The molecule has 0 heterocycles. The van der Waals surface area contributed by atoms with Gasteiger partial charge in [-0.3, -0.25) is 0 Å². The van der Waals surface area contributed by atoms with E-state index in [0.29, 0.717) is 11.8 Å². The highest BCUT2D eigenvalue weighted by Crippen LogP contribution is 2.04. The number of halogens is 1. The van der Waals surface area contributed by atoms with Crippen molar-refractivity contribution in [3.63, 3.8) is 0 Å². The number of aliphatic hydroxyl groups is 1.